The van der Waals surface area contributed by atoms with E-state index in [0.717, 1.165) is 22.9 Å². The predicted octanol–water partition coefficient (Wildman–Crippen LogP) is 7.72. The Kier molecular flexibility index (Phi) is 4.82. The average molecular weight is 453 g/mol. The summed E-state index contributed by atoms with van der Waals surface area (Å²) < 4.78 is 6.51. The molecule has 0 radical (unpaired) electrons. The van der Waals surface area contributed by atoms with Gasteiger partial charge in [0.15, 0.2) is 0 Å². The second-order valence-corrected chi connectivity index (χ2v) is 11.0. The molecule has 1 heterocycles. The molecule has 1 saturated heterocycles. The van der Waals surface area contributed by atoms with Gasteiger partial charge in [-0.3, -0.25) is 0 Å². The molecule has 1 fully saturated rings. The lowest BCUT2D eigenvalue weighted by atomic mass is 9.54. The quantitative estimate of drug-likeness (QED) is 0.203. The van der Waals surface area contributed by atoms with Crippen LogP contribution in [0.15, 0.2) is 84.9 Å². The van der Waals surface area contributed by atoms with Crippen LogP contribution in [-0.2, 0) is 4.65 Å². The van der Waals surface area contributed by atoms with Crippen molar-refractivity contribution in [2.24, 2.45) is 5.41 Å². The molecule has 0 saturated carbocycles. The van der Waals surface area contributed by atoms with E-state index in [1.54, 1.807) is 0 Å². The standard InChI is InChI=1S/C32H28BNO/c1-31(2)20-33(35-32(31,3)4)24-16-21(19-34)15-23(17-24)22-13-14-29-27-11-6-5-9-25(27)26-10-7-8-12-28(26)30(29)18-22/h5-18H,20H2,1-4H3. The van der Waals surface area contributed by atoms with E-state index in [9.17, 15) is 5.26 Å². The lowest BCUT2D eigenvalue weighted by Gasteiger charge is -2.34. The summed E-state index contributed by atoms with van der Waals surface area (Å²) in [5, 5.41) is 17.4. The zero-order valence-electron chi connectivity index (χ0n) is 20.7. The highest BCUT2D eigenvalue weighted by Gasteiger charge is 2.49. The Morgan fingerprint density at radius 1 is 0.686 bits per heavy atom. The molecule has 1 aliphatic heterocycles. The van der Waals surface area contributed by atoms with Crippen LogP contribution >= 0.6 is 0 Å². The molecule has 5 aromatic carbocycles. The fraction of sp³-hybridized carbons (Fsp3) is 0.219. The number of hydrogen-bond acceptors (Lipinski definition) is 2. The molecule has 0 aliphatic carbocycles. The summed E-state index contributed by atoms with van der Waals surface area (Å²) in [5.41, 5.74) is 3.78. The summed E-state index contributed by atoms with van der Waals surface area (Å²) >= 11 is 0. The minimum atomic E-state index is -0.219. The first kappa shape index (κ1) is 21.9. The highest BCUT2D eigenvalue weighted by atomic mass is 16.5. The number of hydrogen-bond donors (Lipinski definition) is 0. The molecule has 35 heavy (non-hydrogen) atoms. The van der Waals surface area contributed by atoms with E-state index in [1.807, 2.05) is 12.1 Å². The zero-order valence-corrected chi connectivity index (χ0v) is 20.7. The average Bonchev–Trinajstić information content (AvgIpc) is 3.10. The van der Waals surface area contributed by atoms with E-state index >= 15 is 0 Å². The summed E-state index contributed by atoms with van der Waals surface area (Å²) in [4.78, 5) is 0. The van der Waals surface area contributed by atoms with Crippen molar-refractivity contribution in [2.45, 2.75) is 39.6 Å². The third kappa shape index (κ3) is 3.44. The summed E-state index contributed by atoms with van der Waals surface area (Å²) in [6.45, 7) is 8.85. The molecule has 0 bridgehead atoms. The maximum absolute atomic E-state index is 9.82. The van der Waals surface area contributed by atoms with Gasteiger partial charge in [0.05, 0.1) is 17.2 Å². The zero-order chi connectivity index (χ0) is 24.4. The van der Waals surface area contributed by atoms with Gasteiger partial charge in [-0.2, -0.15) is 5.26 Å². The van der Waals surface area contributed by atoms with Gasteiger partial charge in [-0.15, -0.1) is 0 Å². The first-order chi connectivity index (χ1) is 16.8. The molecule has 3 heteroatoms. The van der Waals surface area contributed by atoms with E-state index in [1.165, 1.54) is 32.3 Å². The molecular weight excluding hydrogens is 425 g/mol. The summed E-state index contributed by atoms with van der Waals surface area (Å²) in [5.74, 6) is 0. The molecule has 2 nitrogen and oxygen atoms in total. The molecule has 170 valence electrons. The first-order valence-corrected chi connectivity index (χ1v) is 12.3. The van der Waals surface area contributed by atoms with Crippen molar-refractivity contribution < 1.29 is 4.65 Å². The van der Waals surface area contributed by atoms with Crippen LogP contribution in [0.2, 0.25) is 6.32 Å². The number of rotatable bonds is 2. The smallest absolute Gasteiger partial charge is 0.328 e. The normalized spacial score (nSPS) is 16.7. The van der Waals surface area contributed by atoms with Gasteiger partial charge >= 0.3 is 6.92 Å². The first-order valence-electron chi connectivity index (χ1n) is 12.3. The lowest BCUT2D eigenvalue weighted by Crippen LogP contribution is -2.36. The molecule has 0 atom stereocenters. The summed E-state index contributed by atoms with van der Waals surface area (Å²) in [7, 11) is 0. The second-order valence-electron chi connectivity index (χ2n) is 11.0. The van der Waals surface area contributed by atoms with Crippen molar-refractivity contribution in [3.05, 3.63) is 90.5 Å². The molecule has 5 aromatic rings. The van der Waals surface area contributed by atoms with E-state index in [0.29, 0.717) is 5.56 Å². The third-order valence-electron chi connectivity index (χ3n) is 8.30. The van der Waals surface area contributed by atoms with Crippen LogP contribution in [0.25, 0.3) is 43.4 Å². The van der Waals surface area contributed by atoms with Crippen LogP contribution in [0.5, 0.6) is 0 Å². The van der Waals surface area contributed by atoms with Crippen molar-refractivity contribution in [3.8, 4) is 17.2 Å². The minimum absolute atomic E-state index is 0.0164. The van der Waals surface area contributed by atoms with E-state index in [-0.39, 0.29) is 17.9 Å². The molecule has 6 rings (SSSR count). The Morgan fingerprint density at radius 3 is 1.80 bits per heavy atom. The Labute approximate surface area is 207 Å². The number of nitriles is 1. The van der Waals surface area contributed by atoms with Crippen LogP contribution in [0.3, 0.4) is 0 Å². The topological polar surface area (TPSA) is 33.0 Å². The molecule has 0 N–H and O–H groups in total. The van der Waals surface area contributed by atoms with Crippen LogP contribution in [0, 0.1) is 16.7 Å². The molecule has 1 aliphatic rings. The highest BCUT2D eigenvalue weighted by molar-refractivity contribution is 6.68. The second kappa shape index (κ2) is 7.70. The number of nitrogens with zero attached hydrogens (tertiary/aromatic N) is 1. The van der Waals surface area contributed by atoms with Crippen LogP contribution in [0.1, 0.15) is 33.3 Å². The highest BCUT2D eigenvalue weighted by Crippen LogP contribution is 2.45. The van der Waals surface area contributed by atoms with Crippen molar-refractivity contribution in [1.82, 2.24) is 0 Å². The number of fused-ring (bicyclic) bond motifs is 6. The van der Waals surface area contributed by atoms with E-state index < -0.39 is 0 Å². The third-order valence-corrected chi connectivity index (χ3v) is 8.30. The Balaban J connectivity index is 1.55. The van der Waals surface area contributed by atoms with Crippen molar-refractivity contribution in [3.63, 3.8) is 0 Å². The van der Waals surface area contributed by atoms with Crippen molar-refractivity contribution in [1.29, 1.82) is 5.26 Å². The maximum Gasteiger partial charge on any atom is 0.328 e. The van der Waals surface area contributed by atoms with E-state index in [4.69, 9.17) is 4.65 Å². The van der Waals surface area contributed by atoms with Gasteiger partial charge in [0.2, 0.25) is 0 Å². The largest absolute Gasteiger partial charge is 0.426 e. The fourth-order valence-corrected chi connectivity index (χ4v) is 5.61. The molecule has 0 unspecified atom stereocenters. The van der Waals surface area contributed by atoms with Gasteiger partial charge in [0, 0.05) is 0 Å². The minimum Gasteiger partial charge on any atom is -0.426 e. The molecular formula is C32H28BNO. The van der Waals surface area contributed by atoms with Gasteiger partial charge in [-0.1, -0.05) is 80.6 Å². The van der Waals surface area contributed by atoms with E-state index in [2.05, 4.69) is 107 Å². The van der Waals surface area contributed by atoms with Crippen molar-refractivity contribution in [2.75, 3.05) is 0 Å². The van der Waals surface area contributed by atoms with Crippen LogP contribution in [-0.4, -0.2) is 12.5 Å². The van der Waals surface area contributed by atoms with Crippen LogP contribution < -0.4 is 5.46 Å². The van der Waals surface area contributed by atoms with Gasteiger partial charge < -0.3 is 4.65 Å². The van der Waals surface area contributed by atoms with Gasteiger partial charge in [-0.05, 0) is 92.7 Å². The van der Waals surface area contributed by atoms with Crippen molar-refractivity contribution >= 4 is 44.7 Å². The van der Waals surface area contributed by atoms with Gasteiger partial charge in [-0.25, -0.2) is 0 Å². The Bertz CT molecular complexity index is 1620. The number of benzene rings is 5. The Hall–Kier alpha value is -3.61. The lowest BCUT2D eigenvalue weighted by molar-refractivity contribution is 0.0375. The maximum atomic E-state index is 9.82. The molecule has 0 aromatic heterocycles. The molecule has 0 spiro atoms. The Morgan fingerprint density at radius 2 is 1.26 bits per heavy atom. The SMILES string of the molecule is CC1(C)CB(c2cc(C#N)cc(-c3ccc4c5ccccc5c5ccccc5c4c3)c2)OC1(C)C. The van der Waals surface area contributed by atoms with Gasteiger partial charge in [0.25, 0.3) is 0 Å². The summed E-state index contributed by atoms with van der Waals surface area (Å²) in [6, 6.07) is 32.6. The summed E-state index contributed by atoms with van der Waals surface area (Å²) in [6.07, 6.45) is 0.933. The molecule has 0 amide bonds. The van der Waals surface area contributed by atoms with Crippen LogP contribution in [0.4, 0.5) is 0 Å². The fourth-order valence-electron chi connectivity index (χ4n) is 5.61. The van der Waals surface area contributed by atoms with Gasteiger partial charge in [0.1, 0.15) is 0 Å². The predicted molar refractivity (Wildman–Crippen MR) is 148 cm³/mol. The monoisotopic (exact) mass is 453 g/mol.